The molecule has 1 aliphatic heterocycles. The summed E-state index contributed by atoms with van der Waals surface area (Å²) in [5.41, 5.74) is 0.986. The minimum absolute atomic E-state index is 0.111. The van der Waals surface area contributed by atoms with Gasteiger partial charge in [0.15, 0.2) is 4.32 Å². The average Bonchev–Trinajstić information content (AvgIpc) is 3.26. The van der Waals surface area contributed by atoms with Gasteiger partial charge >= 0.3 is 0 Å². The summed E-state index contributed by atoms with van der Waals surface area (Å²) < 4.78 is 6.16. The van der Waals surface area contributed by atoms with Crippen molar-refractivity contribution < 1.29 is 14.1 Å². The summed E-state index contributed by atoms with van der Waals surface area (Å²) >= 11 is 18.7. The van der Waals surface area contributed by atoms with E-state index in [9.17, 15) is 14.9 Å². The highest BCUT2D eigenvalue weighted by Crippen LogP contribution is 2.38. The smallest absolute Gasteiger partial charge is 0.270 e. The Balaban J connectivity index is 1.61. The number of amides is 1. The van der Waals surface area contributed by atoms with Crippen molar-refractivity contribution >= 4 is 74.9 Å². The number of carbonyl (C=O) groups is 1. The highest BCUT2D eigenvalue weighted by atomic mass is 35.5. The van der Waals surface area contributed by atoms with Crippen LogP contribution in [0.1, 0.15) is 5.76 Å². The highest BCUT2D eigenvalue weighted by molar-refractivity contribution is 8.27. The zero-order valence-corrected chi connectivity index (χ0v) is 18.0. The quantitative estimate of drug-likeness (QED) is 0.183. The molecule has 0 saturated carbocycles. The van der Waals surface area contributed by atoms with E-state index in [0.717, 1.165) is 11.8 Å². The molecule has 1 fully saturated rings. The standard InChI is InChI=1S/C20H10Cl2N2O4S2/c21-11-2-1-3-12(8-11)23-19(25)18(30-20(23)29)10-14-5-7-17(28-14)15-6-4-13(24(26)27)9-16(15)22/h1-10H. The lowest BCUT2D eigenvalue weighted by molar-refractivity contribution is -0.384. The predicted octanol–water partition coefficient (Wildman–Crippen LogP) is 6.57. The minimum Gasteiger partial charge on any atom is -0.457 e. The topological polar surface area (TPSA) is 76.6 Å². The number of rotatable bonds is 4. The number of carbonyl (C=O) groups excluding carboxylic acids is 1. The van der Waals surface area contributed by atoms with E-state index in [2.05, 4.69) is 0 Å². The van der Waals surface area contributed by atoms with Crippen molar-refractivity contribution in [1.82, 2.24) is 0 Å². The maximum absolute atomic E-state index is 12.8. The molecule has 30 heavy (non-hydrogen) atoms. The Morgan fingerprint density at radius 2 is 1.93 bits per heavy atom. The number of hydrogen-bond acceptors (Lipinski definition) is 6. The molecule has 2 heterocycles. The lowest BCUT2D eigenvalue weighted by Crippen LogP contribution is -2.27. The molecular formula is C20H10Cl2N2O4S2. The average molecular weight is 477 g/mol. The minimum atomic E-state index is -0.523. The number of non-ortho nitro benzene ring substituents is 1. The molecule has 0 unspecified atom stereocenters. The molecule has 1 aliphatic rings. The van der Waals surface area contributed by atoms with Gasteiger partial charge in [0.05, 0.1) is 20.5 Å². The molecule has 1 aromatic heterocycles. The summed E-state index contributed by atoms with van der Waals surface area (Å²) in [4.78, 5) is 25.0. The van der Waals surface area contributed by atoms with Crippen LogP contribution in [0, 0.1) is 10.1 Å². The molecule has 6 nitrogen and oxygen atoms in total. The number of nitrogens with zero attached hydrogens (tertiary/aromatic N) is 2. The fourth-order valence-electron chi connectivity index (χ4n) is 2.83. The van der Waals surface area contributed by atoms with E-state index in [1.54, 1.807) is 42.5 Å². The molecule has 1 amide bonds. The van der Waals surface area contributed by atoms with E-state index in [-0.39, 0.29) is 16.6 Å². The Morgan fingerprint density at radius 3 is 2.63 bits per heavy atom. The number of benzene rings is 2. The summed E-state index contributed by atoms with van der Waals surface area (Å²) in [5.74, 6) is 0.566. The second-order valence-electron chi connectivity index (χ2n) is 6.12. The lowest BCUT2D eigenvalue weighted by atomic mass is 10.1. The first kappa shape index (κ1) is 20.6. The van der Waals surface area contributed by atoms with Crippen LogP contribution in [0.3, 0.4) is 0 Å². The molecule has 150 valence electrons. The number of thiocarbonyl (C=S) groups is 1. The van der Waals surface area contributed by atoms with Crippen LogP contribution in [-0.4, -0.2) is 15.2 Å². The van der Waals surface area contributed by atoms with Gasteiger partial charge in [0.2, 0.25) is 0 Å². The van der Waals surface area contributed by atoms with E-state index in [4.69, 9.17) is 39.8 Å². The van der Waals surface area contributed by atoms with Crippen LogP contribution in [0.15, 0.2) is 63.9 Å². The molecule has 0 bridgehead atoms. The van der Waals surface area contributed by atoms with E-state index < -0.39 is 4.92 Å². The third-order valence-corrected chi connectivity index (χ3v) is 6.04. The van der Waals surface area contributed by atoms with Gasteiger partial charge in [-0.15, -0.1) is 0 Å². The molecular weight excluding hydrogens is 467 g/mol. The normalized spacial score (nSPS) is 15.3. The Kier molecular flexibility index (Phi) is 5.66. The van der Waals surface area contributed by atoms with Crippen LogP contribution >= 0.6 is 47.2 Å². The summed E-state index contributed by atoms with van der Waals surface area (Å²) in [6.45, 7) is 0. The summed E-state index contributed by atoms with van der Waals surface area (Å²) in [5, 5.41) is 11.6. The first-order valence-electron chi connectivity index (χ1n) is 8.41. The molecule has 0 radical (unpaired) electrons. The summed E-state index contributed by atoms with van der Waals surface area (Å²) in [6.07, 6.45) is 1.59. The molecule has 0 N–H and O–H groups in total. The maximum atomic E-state index is 12.8. The van der Waals surface area contributed by atoms with Crippen LogP contribution in [0.5, 0.6) is 0 Å². The number of hydrogen-bond donors (Lipinski definition) is 0. The van der Waals surface area contributed by atoms with E-state index in [1.807, 2.05) is 0 Å². The number of furan rings is 1. The zero-order valence-electron chi connectivity index (χ0n) is 14.9. The van der Waals surface area contributed by atoms with Crippen LogP contribution in [0.25, 0.3) is 17.4 Å². The van der Waals surface area contributed by atoms with Crippen molar-refractivity contribution in [1.29, 1.82) is 0 Å². The summed E-state index contributed by atoms with van der Waals surface area (Å²) in [7, 11) is 0. The summed E-state index contributed by atoms with van der Waals surface area (Å²) in [6, 6.07) is 14.4. The van der Waals surface area contributed by atoms with Crippen molar-refractivity contribution in [2.24, 2.45) is 0 Å². The van der Waals surface area contributed by atoms with E-state index in [0.29, 0.717) is 37.0 Å². The number of nitro groups is 1. The van der Waals surface area contributed by atoms with Crippen LogP contribution in [0.2, 0.25) is 10.0 Å². The Labute approximate surface area is 190 Å². The van der Waals surface area contributed by atoms with Gasteiger partial charge in [-0.1, -0.05) is 53.2 Å². The Morgan fingerprint density at radius 1 is 1.13 bits per heavy atom. The van der Waals surface area contributed by atoms with Crippen LogP contribution in [-0.2, 0) is 4.79 Å². The maximum Gasteiger partial charge on any atom is 0.270 e. The third kappa shape index (κ3) is 3.99. The van der Waals surface area contributed by atoms with Crippen molar-refractivity contribution in [3.8, 4) is 11.3 Å². The van der Waals surface area contributed by atoms with Crippen molar-refractivity contribution in [2.45, 2.75) is 0 Å². The van der Waals surface area contributed by atoms with E-state index >= 15 is 0 Å². The van der Waals surface area contributed by atoms with Crippen LogP contribution in [0.4, 0.5) is 11.4 Å². The molecule has 0 atom stereocenters. The fraction of sp³-hybridized carbons (Fsp3) is 0. The molecule has 2 aromatic carbocycles. The molecule has 3 aromatic rings. The second-order valence-corrected chi connectivity index (χ2v) is 8.64. The van der Waals surface area contributed by atoms with Crippen LogP contribution < -0.4 is 4.90 Å². The van der Waals surface area contributed by atoms with Gasteiger partial charge in [-0.05, 0) is 36.4 Å². The van der Waals surface area contributed by atoms with Crippen molar-refractivity contribution in [2.75, 3.05) is 4.90 Å². The highest BCUT2D eigenvalue weighted by Gasteiger charge is 2.33. The van der Waals surface area contributed by atoms with Crippen molar-refractivity contribution in [3.05, 3.63) is 85.4 Å². The SMILES string of the molecule is O=C1C(=Cc2ccc(-c3ccc([N+](=O)[O-])cc3Cl)o2)SC(=S)N1c1cccc(Cl)c1. The number of halogens is 2. The van der Waals surface area contributed by atoms with Gasteiger partial charge in [0, 0.05) is 28.8 Å². The fourth-order valence-corrected chi connectivity index (χ4v) is 4.56. The molecule has 0 aliphatic carbocycles. The molecule has 4 rings (SSSR count). The van der Waals surface area contributed by atoms with Gasteiger partial charge in [-0.3, -0.25) is 19.8 Å². The third-order valence-electron chi connectivity index (χ3n) is 4.19. The second kappa shape index (κ2) is 8.23. The van der Waals surface area contributed by atoms with Gasteiger partial charge in [0.25, 0.3) is 11.6 Å². The van der Waals surface area contributed by atoms with E-state index in [1.165, 1.54) is 23.1 Å². The Bertz CT molecular complexity index is 1240. The van der Waals surface area contributed by atoms with Gasteiger partial charge < -0.3 is 4.42 Å². The first-order valence-corrected chi connectivity index (χ1v) is 10.4. The van der Waals surface area contributed by atoms with Gasteiger partial charge in [-0.2, -0.15) is 0 Å². The van der Waals surface area contributed by atoms with Gasteiger partial charge in [-0.25, -0.2) is 0 Å². The number of nitro benzene ring substituents is 1. The largest absolute Gasteiger partial charge is 0.457 e. The Hall–Kier alpha value is -2.65. The number of anilines is 1. The predicted molar refractivity (Wildman–Crippen MR) is 123 cm³/mol. The molecule has 1 saturated heterocycles. The lowest BCUT2D eigenvalue weighted by Gasteiger charge is -2.14. The molecule has 10 heteroatoms. The van der Waals surface area contributed by atoms with Crippen molar-refractivity contribution in [3.63, 3.8) is 0 Å². The van der Waals surface area contributed by atoms with Gasteiger partial charge in [0.1, 0.15) is 11.5 Å². The molecule has 0 spiro atoms. The number of thioether (sulfide) groups is 1. The first-order chi connectivity index (χ1) is 14.3. The zero-order chi connectivity index (χ0) is 21.4. The monoisotopic (exact) mass is 476 g/mol.